The predicted molar refractivity (Wildman–Crippen MR) is 93.0 cm³/mol. The quantitative estimate of drug-likeness (QED) is 0.351. The van der Waals surface area contributed by atoms with Gasteiger partial charge in [0, 0.05) is 21.3 Å². The summed E-state index contributed by atoms with van der Waals surface area (Å²) >= 11 is 3.39. The summed E-state index contributed by atoms with van der Waals surface area (Å²) in [6.07, 6.45) is 0. The van der Waals surface area contributed by atoms with Crippen LogP contribution in [0.15, 0.2) is 63.5 Å². The summed E-state index contributed by atoms with van der Waals surface area (Å²) in [4.78, 5) is 2.39. The van der Waals surface area contributed by atoms with E-state index in [2.05, 4.69) is 67.5 Å². The van der Waals surface area contributed by atoms with Gasteiger partial charge >= 0.3 is 0 Å². The number of nitrogens with zero attached hydrogens (tertiary/aromatic N) is 1. The van der Waals surface area contributed by atoms with Crippen LogP contribution in [0, 0.1) is 13.8 Å². The Kier molecular flexibility index (Phi) is 6.21. The van der Waals surface area contributed by atoms with Gasteiger partial charge in [-0.1, -0.05) is 40.5 Å². The van der Waals surface area contributed by atoms with Gasteiger partial charge < -0.3 is 5.21 Å². The molecule has 2 nitrogen and oxygen atoms in total. The van der Waals surface area contributed by atoms with Gasteiger partial charge in [-0.15, -0.1) is 23.5 Å². The molecule has 0 aliphatic heterocycles. The van der Waals surface area contributed by atoms with Gasteiger partial charge in [0.2, 0.25) is 0 Å². The molecule has 0 radical (unpaired) electrons. The highest BCUT2D eigenvalue weighted by molar-refractivity contribution is 8.01. The first-order valence-electron chi connectivity index (χ1n) is 6.76. The summed E-state index contributed by atoms with van der Waals surface area (Å²) in [5.74, 6) is 1.41. The smallest absolute Gasteiger partial charge is 0.0775 e. The molecule has 0 fully saturated rings. The molecule has 0 aliphatic rings. The summed E-state index contributed by atoms with van der Waals surface area (Å²) < 4.78 is 0. The first-order chi connectivity index (χ1) is 10.2. The third kappa shape index (κ3) is 5.48. The third-order valence-corrected chi connectivity index (χ3v) is 5.16. The molecular weight excluding hydrogens is 298 g/mol. The molecule has 0 saturated heterocycles. The highest BCUT2D eigenvalue weighted by Gasteiger charge is 2.04. The number of aryl methyl sites for hydroxylation is 2. The molecule has 2 aromatic carbocycles. The van der Waals surface area contributed by atoms with Crippen LogP contribution in [-0.4, -0.2) is 22.4 Å². The van der Waals surface area contributed by atoms with Gasteiger partial charge in [0.1, 0.15) is 0 Å². The van der Waals surface area contributed by atoms with Crippen LogP contribution in [0.4, 0.5) is 0 Å². The zero-order valence-corrected chi connectivity index (χ0v) is 13.9. The molecule has 0 amide bonds. The van der Waals surface area contributed by atoms with E-state index in [9.17, 15) is 0 Å². The van der Waals surface area contributed by atoms with Crippen molar-refractivity contribution in [1.82, 2.24) is 0 Å². The second-order valence-corrected chi connectivity index (χ2v) is 6.97. The fourth-order valence-electron chi connectivity index (χ4n) is 1.70. The summed E-state index contributed by atoms with van der Waals surface area (Å²) in [7, 11) is 0. The standard InChI is InChI=1S/C17H19NOS2/c1-13-3-7-16(8-4-13)20-11-15(18-19)12-21-17-9-5-14(2)6-10-17/h3-10,19H,11-12H2,1-2H3. The minimum atomic E-state index is 0.707. The van der Waals surface area contributed by atoms with E-state index < -0.39 is 0 Å². The van der Waals surface area contributed by atoms with E-state index in [0.29, 0.717) is 11.5 Å². The maximum Gasteiger partial charge on any atom is 0.0775 e. The van der Waals surface area contributed by atoms with Crippen LogP contribution in [-0.2, 0) is 0 Å². The van der Waals surface area contributed by atoms with Gasteiger partial charge in [-0.3, -0.25) is 0 Å². The maximum absolute atomic E-state index is 9.13. The van der Waals surface area contributed by atoms with Gasteiger partial charge in [-0.2, -0.15) is 0 Å². The molecule has 0 saturated carbocycles. The maximum atomic E-state index is 9.13. The van der Waals surface area contributed by atoms with Gasteiger partial charge in [0.15, 0.2) is 0 Å². The highest BCUT2D eigenvalue weighted by atomic mass is 32.2. The average molecular weight is 317 g/mol. The van der Waals surface area contributed by atoms with Crippen molar-refractivity contribution in [2.75, 3.05) is 11.5 Å². The lowest BCUT2D eigenvalue weighted by molar-refractivity contribution is 0.318. The Labute approximate surface area is 134 Å². The monoisotopic (exact) mass is 317 g/mol. The second kappa shape index (κ2) is 8.15. The van der Waals surface area contributed by atoms with Crippen molar-refractivity contribution in [3.05, 3.63) is 59.7 Å². The Balaban J connectivity index is 1.83. The summed E-state index contributed by atoms with van der Waals surface area (Å²) in [6, 6.07) is 16.8. The lowest BCUT2D eigenvalue weighted by Gasteiger charge is -2.05. The molecule has 0 aliphatic carbocycles. The fraction of sp³-hybridized carbons (Fsp3) is 0.235. The van der Waals surface area contributed by atoms with Crippen LogP contribution in [0.5, 0.6) is 0 Å². The van der Waals surface area contributed by atoms with Gasteiger partial charge in [0.25, 0.3) is 0 Å². The molecule has 110 valence electrons. The topological polar surface area (TPSA) is 32.6 Å². The molecule has 0 unspecified atom stereocenters. The molecule has 0 aromatic heterocycles. The Hall–Kier alpha value is -1.39. The van der Waals surface area contributed by atoms with E-state index >= 15 is 0 Å². The first-order valence-corrected chi connectivity index (χ1v) is 8.73. The lowest BCUT2D eigenvalue weighted by Crippen LogP contribution is -2.05. The number of thioether (sulfide) groups is 2. The van der Waals surface area contributed by atoms with E-state index in [4.69, 9.17) is 5.21 Å². The molecular formula is C17H19NOS2. The summed E-state index contributed by atoms with van der Waals surface area (Å²) in [6.45, 7) is 4.15. The molecule has 0 bridgehead atoms. The largest absolute Gasteiger partial charge is 0.411 e. The van der Waals surface area contributed by atoms with E-state index in [1.807, 2.05) is 0 Å². The van der Waals surface area contributed by atoms with Crippen LogP contribution in [0.1, 0.15) is 11.1 Å². The van der Waals surface area contributed by atoms with Gasteiger partial charge in [-0.25, -0.2) is 0 Å². The second-order valence-electron chi connectivity index (χ2n) is 4.87. The molecule has 21 heavy (non-hydrogen) atoms. The number of rotatable bonds is 6. The molecule has 1 N–H and O–H groups in total. The van der Waals surface area contributed by atoms with Crippen molar-refractivity contribution in [1.29, 1.82) is 0 Å². The van der Waals surface area contributed by atoms with E-state index in [0.717, 1.165) is 5.71 Å². The van der Waals surface area contributed by atoms with Crippen molar-refractivity contribution >= 4 is 29.2 Å². The molecule has 0 atom stereocenters. The van der Waals surface area contributed by atoms with E-state index in [1.165, 1.54) is 20.9 Å². The van der Waals surface area contributed by atoms with Crippen LogP contribution < -0.4 is 0 Å². The van der Waals surface area contributed by atoms with Crippen LogP contribution in [0.2, 0.25) is 0 Å². The minimum Gasteiger partial charge on any atom is -0.411 e. The van der Waals surface area contributed by atoms with E-state index in [1.54, 1.807) is 23.5 Å². The van der Waals surface area contributed by atoms with Crippen LogP contribution in [0.25, 0.3) is 0 Å². The van der Waals surface area contributed by atoms with Crippen LogP contribution in [0.3, 0.4) is 0 Å². The summed E-state index contributed by atoms with van der Waals surface area (Å²) in [5.41, 5.74) is 3.31. The zero-order chi connectivity index (χ0) is 15.1. The number of hydrogen-bond donors (Lipinski definition) is 1. The Morgan fingerprint density at radius 3 is 1.52 bits per heavy atom. The third-order valence-electron chi connectivity index (χ3n) is 2.99. The minimum absolute atomic E-state index is 0.707. The number of hydrogen-bond acceptors (Lipinski definition) is 4. The first kappa shape index (κ1) is 16.0. The molecule has 0 heterocycles. The van der Waals surface area contributed by atoms with Crippen molar-refractivity contribution < 1.29 is 5.21 Å². The van der Waals surface area contributed by atoms with Gasteiger partial charge in [-0.05, 0) is 38.1 Å². The Morgan fingerprint density at radius 1 is 0.810 bits per heavy atom. The van der Waals surface area contributed by atoms with E-state index in [-0.39, 0.29) is 0 Å². The molecule has 0 spiro atoms. The normalized spacial score (nSPS) is 10.4. The van der Waals surface area contributed by atoms with Crippen molar-refractivity contribution in [2.24, 2.45) is 5.16 Å². The SMILES string of the molecule is Cc1ccc(SCC(CSc2ccc(C)cc2)=NO)cc1. The average Bonchev–Trinajstić information content (AvgIpc) is 2.51. The summed E-state index contributed by atoms with van der Waals surface area (Å²) in [5, 5.41) is 12.6. The van der Waals surface area contributed by atoms with Crippen molar-refractivity contribution in [3.8, 4) is 0 Å². The predicted octanol–water partition coefficient (Wildman–Crippen LogP) is 5.02. The lowest BCUT2D eigenvalue weighted by atomic mass is 10.2. The Morgan fingerprint density at radius 2 is 1.19 bits per heavy atom. The van der Waals surface area contributed by atoms with Crippen LogP contribution >= 0.6 is 23.5 Å². The number of oxime groups is 1. The highest BCUT2D eigenvalue weighted by Crippen LogP contribution is 2.22. The van der Waals surface area contributed by atoms with Crippen molar-refractivity contribution in [2.45, 2.75) is 23.6 Å². The molecule has 2 aromatic rings. The number of benzene rings is 2. The molecule has 2 rings (SSSR count). The zero-order valence-electron chi connectivity index (χ0n) is 12.2. The Bertz CT molecular complexity index is 540. The molecule has 4 heteroatoms. The van der Waals surface area contributed by atoms with Crippen molar-refractivity contribution in [3.63, 3.8) is 0 Å². The van der Waals surface area contributed by atoms with Gasteiger partial charge in [0.05, 0.1) is 5.71 Å². The fourth-order valence-corrected chi connectivity index (χ4v) is 3.47.